The fourth-order valence-corrected chi connectivity index (χ4v) is 1.11. The number of carbonyl (C=O) groups is 2. The van der Waals surface area contributed by atoms with Crippen LogP contribution >= 0.6 is 0 Å². The molecule has 1 aromatic heterocycles. The Bertz CT molecular complexity index is 473. The Morgan fingerprint density at radius 1 is 1.47 bits per heavy atom. The number of hydrogen-bond acceptors (Lipinski definition) is 6. The fourth-order valence-electron chi connectivity index (χ4n) is 1.11. The van der Waals surface area contributed by atoms with Crippen molar-refractivity contribution in [3.8, 4) is 0 Å². The van der Waals surface area contributed by atoms with Crippen molar-refractivity contribution < 1.29 is 24.3 Å². The SMILES string of the molecule is CC(C)(C)OC(=O)CON=C(C(=O)O)c1cc[nH]n1. The van der Waals surface area contributed by atoms with Gasteiger partial charge in [0.1, 0.15) is 11.3 Å². The molecule has 0 aliphatic heterocycles. The molecule has 8 nitrogen and oxygen atoms in total. The number of carboxylic acid groups (broad SMARTS) is 1. The highest BCUT2D eigenvalue weighted by molar-refractivity contribution is 6.41. The van der Waals surface area contributed by atoms with Gasteiger partial charge in [-0.3, -0.25) is 5.10 Å². The maximum absolute atomic E-state index is 11.3. The topological polar surface area (TPSA) is 114 Å². The molecule has 0 saturated heterocycles. The van der Waals surface area contributed by atoms with E-state index in [1.165, 1.54) is 12.3 Å². The van der Waals surface area contributed by atoms with Gasteiger partial charge in [-0.25, -0.2) is 9.59 Å². The number of carbonyl (C=O) groups excluding carboxylic acids is 1. The van der Waals surface area contributed by atoms with Gasteiger partial charge in [-0.1, -0.05) is 5.16 Å². The maximum atomic E-state index is 11.3. The second-order valence-corrected chi connectivity index (χ2v) is 4.56. The first-order valence-corrected chi connectivity index (χ1v) is 5.45. The number of carboxylic acids is 1. The molecular formula is C11H15N3O5. The van der Waals surface area contributed by atoms with Gasteiger partial charge in [-0.15, -0.1) is 0 Å². The number of ether oxygens (including phenoxy) is 1. The molecule has 19 heavy (non-hydrogen) atoms. The van der Waals surface area contributed by atoms with E-state index in [0.29, 0.717) is 0 Å². The second kappa shape index (κ2) is 5.98. The average Bonchev–Trinajstić information content (AvgIpc) is 2.74. The first kappa shape index (κ1) is 14.7. The van der Waals surface area contributed by atoms with Gasteiger partial charge in [-0.05, 0) is 26.8 Å². The minimum Gasteiger partial charge on any atom is -0.476 e. The lowest BCUT2D eigenvalue weighted by atomic mass is 10.2. The van der Waals surface area contributed by atoms with Crippen LogP contribution in [0.4, 0.5) is 0 Å². The van der Waals surface area contributed by atoms with Gasteiger partial charge < -0.3 is 14.7 Å². The molecule has 0 unspecified atom stereocenters. The van der Waals surface area contributed by atoms with Gasteiger partial charge in [-0.2, -0.15) is 5.10 Å². The minimum absolute atomic E-state index is 0.108. The maximum Gasteiger partial charge on any atom is 0.360 e. The van der Waals surface area contributed by atoms with E-state index in [-0.39, 0.29) is 5.69 Å². The third-order valence-electron chi connectivity index (χ3n) is 1.70. The molecule has 0 amide bonds. The Balaban J connectivity index is 2.59. The molecule has 1 heterocycles. The summed E-state index contributed by atoms with van der Waals surface area (Å²) in [5.41, 5.74) is -0.927. The van der Waals surface area contributed by atoms with E-state index in [1.54, 1.807) is 20.8 Å². The van der Waals surface area contributed by atoms with Gasteiger partial charge in [0.15, 0.2) is 0 Å². The Morgan fingerprint density at radius 3 is 2.63 bits per heavy atom. The molecule has 0 aliphatic carbocycles. The first-order valence-electron chi connectivity index (χ1n) is 5.45. The lowest BCUT2D eigenvalue weighted by Crippen LogP contribution is -2.26. The van der Waals surface area contributed by atoms with E-state index >= 15 is 0 Å². The van der Waals surface area contributed by atoms with E-state index in [1.807, 2.05) is 0 Å². The number of esters is 1. The summed E-state index contributed by atoms with van der Waals surface area (Å²) in [6, 6.07) is 1.42. The zero-order valence-electron chi connectivity index (χ0n) is 10.8. The van der Waals surface area contributed by atoms with E-state index in [0.717, 1.165) is 0 Å². The number of rotatable bonds is 5. The zero-order valence-corrected chi connectivity index (χ0v) is 10.8. The number of H-pyrrole nitrogens is 1. The summed E-state index contributed by atoms with van der Waals surface area (Å²) in [7, 11) is 0. The van der Waals surface area contributed by atoms with Crippen molar-refractivity contribution in [3.63, 3.8) is 0 Å². The van der Waals surface area contributed by atoms with Crippen molar-refractivity contribution in [2.24, 2.45) is 5.16 Å². The first-order chi connectivity index (χ1) is 8.79. The highest BCUT2D eigenvalue weighted by Crippen LogP contribution is 2.07. The number of oxime groups is 1. The fraction of sp³-hybridized carbons (Fsp3) is 0.455. The summed E-state index contributed by atoms with van der Waals surface area (Å²) in [4.78, 5) is 26.9. The Hall–Kier alpha value is -2.38. The molecular weight excluding hydrogens is 254 g/mol. The van der Waals surface area contributed by atoms with Crippen LogP contribution in [0.3, 0.4) is 0 Å². The number of aromatic amines is 1. The number of aliphatic carboxylic acids is 1. The molecule has 0 aromatic carbocycles. The molecule has 0 saturated carbocycles. The second-order valence-electron chi connectivity index (χ2n) is 4.56. The monoisotopic (exact) mass is 269 g/mol. The minimum atomic E-state index is -1.31. The average molecular weight is 269 g/mol. The number of hydrogen-bond donors (Lipinski definition) is 2. The van der Waals surface area contributed by atoms with Crippen LogP contribution in [0, 0.1) is 0 Å². The van der Waals surface area contributed by atoms with Crippen LogP contribution in [0.2, 0.25) is 0 Å². The third-order valence-corrected chi connectivity index (χ3v) is 1.70. The molecule has 8 heteroatoms. The van der Waals surface area contributed by atoms with E-state index in [4.69, 9.17) is 9.84 Å². The summed E-state index contributed by atoms with van der Waals surface area (Å²) >= 11 is 0. The largest absolute Gasteiger partial charge is 0.476 e. The summed E-state index contributed by atoms with van der Waals surface area (Å²) in [5, 5.41) is 18.4. The highest BCUT2D eigenvalue weighted by atomic mass is 16.7. The summed E-state index contributed by atoms with van der Waals surface area (Å²) < 4.78 is 4.97. The molecule has 0 bridgehead atoms. The molecule has 1 rings (SSSR count). The van der Waals surface area contributed by atoms with Crippen LogP contribution in [0.15, 0.2) is 17.4 Å². The van der Waals surface area contributed by atoms with Gasteiger partial charge in [0.2, 0.25) is 12.3 Å². The molecule has 0 atom stereocenters. The molecule has 0 aliphatic rings. The van der Waals surface area contributed by atoms with Gasteiger partial charge in [0.05, 0.1) is 0 Å². The zero-order chi connectivity index (χ0) is 14.5. The van der Waals surface area contributed by atoms with E-state index in [9.17, 15) is 9.59 Å². The molecule has 0 spiro atoms. The van der Waals surface area contributed by atoms with Gasteiger partial charge >= 0.3 is 11.9 Å². The predicted octanol–water partition coefficient (Wildman–Crippen LogP) is 0.557. The van der Waals surface area contributed by atoms with Crippen molar-refractivity contribution in [2.75, 3.05) is 6.61 Å². The third kappa shape index (κ3) is 5.19. The molecule has 0 radical (unpaired) electrons. The van der Waals surface area contributed by atoms with E-state index < -0.39 is 29.9 Å². The lowest BCUT2D eigenvalue weighted by Gasteiger charge is -2.18. The standard InChI is InChI=1S/C11H15N3O5/c1-11(2,3)19-8(15)6-18-14-9(10(16)17)7-4-5-12-13-7/h4-5H,6H2,1-3H3,(H,12,13)(H,16,17). The van der Waals surface area contributed by atoms with Crippen molar-refractivity contribution in [3.05, 3.63) is 18.0 Å². The lowest BCUT2D eigenvalue weighted by molar-refractivity contribution is -0.160. The summed E-state index contributed by atoms with van der Waals surface area (Å²) in [6.07, 6.45) is 1.45. The Morgan fingerprint density at radius 2 is 2.16 bits per heavy atom. The van der Waals surface area contributed by atoms with Crippen LogP contribution < -0.4 is 0 Å². The van der Waals surface area contributed by atoms with Crippen molar-refractivity contribution >= 4 is 17.7 Å². The van der Waals surface area contributed by atoms with Crippen molar-refractivity contribution in [1.29, 1.82) is 0 Å². The normalized spacial score (nSPS) is 12.1. The molecule has 2 N–H and O–H groups in total. The van der Waals surface area contributed by atoms with Crippen LogP contribution in [0.25, 0.3) is 0 Å². The molecule has 0 fully saturated rings. The molecule has 104 valence electrons. The molecule has 1 aromatic rings. The van der Waals surface area contributed by atoms with Crippen LogP contribution in [-0.4, -0.2) is 45.2 Å². The predicted molar refractivity (Wildman–Crippen MR) is 64.6 cm³/mol. The number of nitrogens with one attached hydrogen (secondary N) is 1. The van der Waals surface area contributed by atoms with Crippen LogP contribution in [-0.2, 0) is 19.2 Å². The smallest absolute Gasteiger partial charge is 0.360 e. The van der Waals surface area contributed by atoms with Crippen LogP contribution in [0.1, 0.15) is 26.5 Å². The van der Waals surface area contributed by atoms with Gasteiger partial charge in [0, 0.05) is 6.20 Å². The van der Waals surface area contributed by atoms with Crippen molar-refractivity contribution in [2.45, 2.75) is 26.4 Å². The summed E-state index contributed by atoms with van der Waals surface area (Å²) in [5.74, 6) is -1.95. The quantitative estimate of drug-likeness (QED) is 0.458. The highest BCUT2D eigenvalue weighted by Gasteiger charge is 2.18. The number of nitrogens with zero attached hydrogens (tertiary/aromatic N) is 2. The Labute approximate surface area is 109 Å². The van der Waals surface area contributed by atoms with Gasteiger partial charge in [0.25, 0.3) is 0 Å². The number of aromatic nitrogens is 2. The van der Waals surface area contributed by atoms with Crippen molar-refractivity contribution in [1.82, 2.24) is 10.2 Å². The Kier molecular flexibility index (Phi) is 4.62. The van der Waals surface area contributed by atoms with E-state index in [2.05, 4.69) is 20.2 Å². The summed E-state index contributed by atoms with van der Waals surface area (Å²) in [6.45, 7) is 4.65. The van der Waals surface area contributed by atoms with Crippen LogP contribution in [0.5, 0.6) is 0 Å².